The van der Waals surface area contributed by atoms with Crippen molar-refractivity contribution in [3.8, 4) is 11.8 Å². The summed E-state index contributed by atoms with van der Waals surface area (Å²) in [4.78, 5) is 0. The van der Waals surface area contributed by atoms with E-state index in [1.165, 1.54) is 0 Å². The van der Waals surface area contributed by atoms with Crippen LogP contribution in [-0.4, -0.2) is 30.4 Å². The van der Waals surface area contributed by atoms with Gasteiger partial charge in [-0.25, -0.2) is 0 Å². The topological polar surface area (TPSA) is 27.7 Å². The number of hydrogen-bond donors (Lipinski definition) is 0. The van der Waals surface area contributed by atoms with Gasteiger partial charge in [-0.3, -0.25) is 0 Å². The van der Waals surface area contributed by atoms with Crippen LogP contribution in [0, 0.1) is 11.8 Å². The highest BCUT2D eigenvalue weighted by molar-refractivity contribution is 6.36. The Kier molecular flexibility index (Phi) is 6.54. The van der Waals surface area contributed by atoms with Crippen LogP contribution >= 0.6 is 0 Å². The van der Waals surface area contributed by atoms with Gasteiger partial charge in [0.1, 0.15) is 0 Å². The van der Waals surface area contributed by atoms with Crippen LogP contribution in [0.15, 0.2) is 0 Å². The van der Waals surface area contributed by atoms with Crippen LogP contribution < -0.4 is 0 Å². The normalized spacial score (nSPS) is 9.20. The molecule has 0 heterocycles. The van der Waals surface area contributed by atoms with E-state index in [1.807, 2.05) is 0 Å². The lowest BCUT2D eigenvalue weighted by atomic mass is 10.6. The van der Waals surface area contributed by atoms with Gasteiger partial charge in [-0.05, 0) is 6.92 Å². The molecule has 0 aromatic rings. The molecule has 0 aliphatic carbocycles. The fourth-order valence-electron chi connectivity index (χ4n) is 0.414. The number of hydrogen-bond acceptors (Lipinski definition) is 3. The Morgan fingerprint density at radius 2 is 1.90 bits per heavy atom. The van der Waals surface area contributed by atoms with Crippen molar-refractivity contribution >= 4 is 9.53 Å². The quantitative estimate of drug-likeness (QED) is 0.429. The fraction of sp³-hybridized carbons (Fsp3) is 0.667. The minimum Gasteiger partial charge on any atom is -0.379 e. The van der Waals surface area contributed by atoms with Crippen molar-refractivity contribution in [2.24, 2.45) is 0 Å². The molecular weight excluding hydrogens is 148 g/mol. The third-order valence-corrected chi connectivity index (χ3v) is 2.06. The first-order chi connectivity index (χ1) is 4.85. The van der Waals surface area contributed by atoms with E-state index in [2.05, 4.69) is 11.8 Å². The average Bonchev–Trinajstić information content (AvgIpc) is 1.99. The van der Waals surface area contributed by atoms with Crippen molar-refractivity contribution < 1.29 is 13.3 Å². The lowest BCUT2D eigenvalue weighted by Gasteiger charge is -2.07. The highest BCUT2D eigenvalue weighted by Crippen LogP contribution is 1.85. The number of rotatable bonds is 4. The molecule has 58 valence electrons. The predicted octanol–water partition coefficient (Wildman–Crippen LogP) is 0.0363. The maximum absolute atomic E-state index is 5.10. The van der Waals surface area contributed by atoms with Crippen LogP contribution in [0.25, 0.3) is 0 Å². The maximum atomic E-state index is 5.10. The molecule has 0 saturated heterocycles. The van der Waals surface area contributed by atoms with E-state index in [0.29, 0.717) is 6.61 Å². The second-order valence-electron chi connectivity index (χ2n) is 1.50. The molecule has 0 radical (unpaired) electrons. The molecule has 0 aromatic carbocycles. The molecule has 0 bridgehead atoms. The minimum atomic E-state index is -1.83. The highest BCUT2D eigenvalue weighted by atomic mass is 28.3. The summed E-state index contributed by atoms with van der Waals surface area (Å²) in [5.41, 5.74) is 0. The molecule has 0 aliphatic heterocycles. The second-order valence-corrected chi connectivity index (χ2v) is 3.35. The summed E-state index contributed by atoms with van der Waals surface area (Å²) >= 11 is 0. The SMILES string of the molecule is CC#CCO[SiH](OC)OC. The van der Waals surface area contributed by atoms with E-state index in [4.69, 9.17) is 13.3 Å². The van der Waals surface area contributed by atoms with Crippen molar-refractivity contribution in [2.45, 2.75) is 6.92 Å². The molecule has 0 saturated carbocycles. The van der Waals surface area contributed by atoms with Gasteiger partial charge >= 0.3 is 9.53 Å². The zero-order valence-corrected chi connectivity index (χ0v) is 7.66. The lowest BCUT2D eigenvalue weighted by Crippen LogP contribution is -2.23. The van der Waals surface area contributed by atoms with Gasteiger partial charge in [0.25, 0.3) is 0 Å². The summed E-state index contributed by atoms with van der Waals surface area (Å²) in [6, 6.07) is 0. The Morgan fingerprint density at radius 1 is 1.30 bits per heavy atom. The second kappa shape index (κ2) is 6.77. The first-order valence-corrected chi connectivity index (χ1v) is 4.33. The Bertz CT molecular complexity index is 123. The largest absolute Gasteiger partial charge is 0.484 e. The van der Waals surface area contributed by atoms with Gasteiger partial charge in [-0.15, -0.1) is 5.92 Å². The van der Waals surface area contributed by atoms with Crippen LogP contribution in [0.3, 0.4) is 0 Å². The summed E-state index contributed by atoms with van der Waals surface area (Å²) in [6.45, 7) is 2.16. The average molecular weight is 160 g/mol. The molecule has 0 amide bonds. The van der Waals surface area contributed by atoms with Crippen LogP contribution in [0.2, 0.25) is 0 Å². The van der Waals surface area contributed by atoms with E-state index >= 15 is 0 Å². The molecule has 0 atom stereocenters. The monoisotopic (exact) mass is 160 g/mol. The van der Waals surface area contributed by atoms with Gasteiger partial charge in [0.15, 0.2) is 0 Å². The van der Waals surface area contributed by atoms with Crippen LogP contribution in [0.4, 0.5) is 0 Å². The molecule has 0 spiro atoms. The van der Waals surface area contributed by atoms with Crippen molar-refractivity contribution in [3.05, 3.63) is 0 Å². The van der Waals surface area contributed by atoms with E-state index < -0.39 is 9.53 Å². The van der Waals surface area contributed by atoms with Gasteiger partial charge < -0.3 is 13.3 Å². The van der Waals surface area contributed by atoms with E-state index in [0.717, 1.165) is 0 Å². The molecule has 0 aliphatic rings. The fourth-order valence-corrected chi connectivity index (χ4v) is 1.10. The Hall–Kier alpha value is -0.343. The van der Waals surface area contributed by atoms with E-state index in [1.54, 1.807) is 21.1 Å². The smallest absolute Gasteiger partial charge is 0.379 e. The predicted molar refractivity (Wildman–Crippen MR) is 40.6 cm³/mol. The van der Waals surface area contributed by atoms with Crippen LogP contribution in [0.1, 0.15) is 6.92 Å². The van der Waals surface area contributed by atoms with Crippen molar-refractivity contribution in [3.63, 3.8) is 0 Å². The standard InChI is InChI=1S/C6H12O3Si/c1-4-5-6-9-10(7-2)8-3/h10H,6H2,1-3H3. The van der Waals surface area contributed by atoms with Gasteiger partial charge in [-0.1, -0.05) is 5.92 Å². The molecule has 0 aromatic heterocycles. The van der Waals surface area contributed by atoms with Gasteiger partial charge in [0.2, 0.25) is 0 Å². The zero-order chi connectivity index (χ0) is 7.82. The Labute approximate surface area is 63.3 Å². The lowest BCUT2D eigenvalue weighted by molar-refractivity contribution is 0.151. The molecule has 4 heteroatoms. The summed E-state index contributed by atoms with van der Waals surface area (Å²) in [7, 11) is 1.31. The van der Waals surface area contributed by atoms with Gasteiger partial charge in [-0.2, -0.15) is 0 Å². The van der Waals surface area contributed by atoms with E-state index in [-0.39, 0.29) is 0 Å². The summed E-state index contributed by atoms with van der Waals surface area (Å²) < 4.78 is 14.8. The van der Waals surface area contributed by atoms with Crippen LogP contribution in [-0.2, 0) is 13.3 Å². The highest BCUT2D eigenvalue weighted by Gasteiger charge is 2.08. The summed E-state index contributed by atoms with van der Waals surface area (Å²) in [5, 5.41) is 0. The third-order valence-electron chi connectivity index (χ3n) is 0.853. The van der Waals surface area contributed by atoms with Gasteiger partial charge in [0, 0.05) is 14.2 Å². The minimum absolute atomic E-state index is 0.398. The van der Waals surface area contributed by atoms with Crippen LogP contribution in [0.5, 0.6) is 0 Å². The maximum Gasteiger partial charge on any atom is 0.484 e. The molecular formula is C6H12O3Si. The molecule has 0 rings (SSSR count). The van der Waals surface area contributed by atoms with Crippen molar-refractivity contribution in [1.82, 2.24) is 0 Å². The van der Waals surface area contributed by atoms with Crippen molar-refractivity contribution in [2.75, 3.05) is 20.8 Å². The first kappa shape index (κ1) is 9.66. The molecule has 0 N–H and O–H groups in total. The molecule has 0 unspecified atom stereocenters. The molecule has 0 fully saturated rings. The molecule has 10 heavy (non-hydrogen) atoms. The zero-order valence-electron chi connectivity index (χ0n) is 6.51. The van der Waals surface area contributed by atoms with E-state index in [9.17, 15) is 0 Å². The van der Waals surface area contributed by atoms with Gasteiger partial charge in [0.05, 0.1) is 6.61 Å². The van der Waals surface area contributed by atoms with Crippen molar-refractivity contribution in [1.29, 1.82) is 0 Å². The Balaban J connectivity index is 3.31. The first-order valence-electron chi connectivity index (χ1n) is 2.92. The molecule has 3 nitrogen and oxygen atoms in total. The summed E-state index contributed by atoms with van der Waals surface area (Å²) in [5.74, 6) is 5.46. The summed E-state index contributed by atoms with van der Waals surface area (Å²) in [6.07, 6.45) is 0. The third kappa shape index (κ3) is 4.53. The Morgan fingerprint density at radius 3 is 2.30 bits per heavy atom.